The average molecular weight is 189 g/mol. The van der Waals surface area contributed by atoms with Crippen LogP contribution in [0, 0.1) is 11.8 Å². The number of nitrogens with two attached hydrogens (primary N) is 1. The molecule has 2 nitrogen and oxygen atoms in total. The van der Waals surface area contributed by atoms with Crippen LogP contribution in [0.15, 0.2) is 24.3 Å². The van der Waals surface area contributed by atoms with E-state index in [4.69, 9.17) is 10.5 Å². The first-order chi connectivity index (χ1) is 6.86. The molecule has 1 aromatic carbocycles. The Morgan fingerprint density at radius 1 is 1.43 bits per heavy atom. The topological polar surface area (TPSA) is 35.2 Å². The van der Waals surface area contributed by atoms with Gasteiger partial charge >= 0.3 is 0 Å². The fraction of sp³-hybridized carbons (Fsp3) is 0.333. The molecule has 0 aliphatic heterocycles. The van der Waals surface area contributed by atoms with Gasteiger partial charge in [0, 0.05) is 12.2 Å². The lowest BCUT2D eigenvalue weighted by molar-refractivity contribution is 0.134. The summed E-state index contributed by atoms with van der Waals surface area (Å²) in [5.41, 5.74) is 7.44. The molecular formula is C12H15NO. The van der Waals surface area contributed by atoms with Crippen LogP contribution in [0.5, 0.6) is 0 Å². The maximum absolute atomic E-state index is 5.31. The van der Waals surface area contributed by atoms with Crippen molar-refractivity contribution in [3.05, 3.63) is 35.4 Å². The van der Waals surface area contributed by atoms with Gasteiger partial charge in [0.25, 0.3) is 0 Å². The highest BCUT2D eigenvalue weighted by atomic mass is 16.5. The molecule has 0 bridgehead atoms. The zero-order valence-corrected chi connectivity index (χ0v) is 8.42. The molecule has 0 aromatic heterocycles. The lowest BCUT2D eigenvalue weighted by atomic mass is 10.1. The lowest BCUT2D eigenvalue weighted by Gasteiger charge is -2.01. The van der Waals surface area contributed by atoms with Gasteiger partial charge in [0.05, 0.1) is 13.2 Å². The molecule has 14 heavy (non-hydrogen) atoms. The fourth-order valence-electron chi connectivity index (χ4n) is 1.11. The number of hydrogen-bond acceptors (Lipinski definition) is 2. The summed E-state index contributed by atoms with van der Waals surface area (Å²) >= 11 is 0. The third-order valence-corrected chi connectivity index (χ3v) is 1.73. The van der Waals surface area contributed by atoms with Gasteiger partial charge in [-0.3, -0.25) is 0 Å². The summed E-state index contributed by atoms with van der Waals surface area (Å²) in [6.07, 6.45) is 0. The van der Waals surface area contributed by atoms with Crippen LogP contribution in [0.4, 0.5) is 0 Å². The highest BCUT2D eigenvalue weighted by Crippen LogP contribution is 2.05. The number of benzene rings is 1. The monoisotopic (exact) mass is 189 g/mol. The van der Waals surface area contributed by atoms with E-state index >= 15 is 0 Å². The molecule has 74 valence electrons. The quantitative estimate of drug-likeness (QED) is 0.732. The molecule has 0 fully saturated rings. The minimum atomic E-state index is 0.398. The first-order valence-electron chi connectivity index (χ1n) is 4.72. The normalized spacial score (nSPS) is 9.29. The zero-order valence-electron chi connectivity index (χ0n) is 8.42. The van der Waals surface area contributed by atoms with E-state index in [-0.39, 0.29) is 0 Å². The predicted octanol–water partition coefficient (Wildman–Crippen LogP) is 1.53. The van der Waals surface area contributed by atoms with Crippen LogP contribution >= 0.6 is 0 Å². The SMILES string of the molecule is CCOCc1cccc(C#CCN)c1. The Hall–Kier alpha value is -1.30. The molecule has 0 aliphatic carbocycles. The highest BCUT2D eigenvalue weighted by molar-refractivity contribution is 5.37. The Morgan fingerprint density at radius 2 is 2.29 bits per heavy atom. The van der Waals surface area contributed by atoms with E-state index in [9.17, 15) is 0 Å². The summed E-state index contributed by atoms with van der Waals surface area (Å²) < 4.78 is 5.31. The Bertz CT molecular complexity index is 336. The standard InChI is InChI=1S/C12H15NO/c1-2-14-10-12-6-3-5-11(9-12)7-4-8-13/h3,5-6,9H,2,8,10,13H2,1H3. The molecule has 0 spiro atoms. The van der Waals surface area contributed by atoms with Crippen LogP contribution in [0.2, 0.25) is 0 Å². The van der Waals surface area contributed by atoms with Gasteiger partial charge < -0.3 is 10.5 Å². The Kier molecular flexibility index (Phi) is 4.77. The summed E-state index contributed by atoms with van der Waals surface area (Å²) in [4.78, 5) is 0. The molecule has 0 saturated carbocycles. The smallest absolute Gasteiger partial charge is 0.0717 e. The van der Waals surface area contributed by atoms with Crippen molar-refractivity contribution >= 4 is 0 Å². The maximum Gasteiger partial charge on any atom is 0.0717 e. The summed E-state index contributed by atoms with van der Waals surface area (Å²) in [6, 6.07) is 8.01. The van der Waals surface area contributed by atoms with E-state index in [0.29, 0.717) is 13.2 Å². The summed E-state index contributed by atoms with van der Waals surface area (Å²) in [7, 11) is 0. The summed E-state index contributed by atoms with van der Waals surface area (Å²) in [6.45, 7) is 3.76. The van der Waals surface area contributed by atoms with Crippen molar-refractivity contribution in [2.45, 2.75) is 13.5 Å². The van der Waals surface area contributed by atoms with Crippen LogP contribution in [-0.2, 0) is 11.3 Å². The average Bonchev–Trinajstić information content (AvgIpc) is 2.24. The van der Waals surface area contributed by atoms with Crippen molar-refractivity contribution in [1.29, 1.82) is 0 Å². The first kappa shape index (κ1) is 10.8. The van der Waals surface area contributed by atoms with Crippen LogP contribution < -0.4 is 5.73 Å². The molecular weight excluding hydrogens is 174 g/mol. The summed E-state index contributed by atoms with van der Waals surface area (Å²) in [5.74, 6) is 5.82. The number of hydrogen-bond donors (Lipinski definition) is 1. The van der Waals surface area contributed by atoms with Crippen molar-refractivity contribution in [2.24, 2.45) is 5.73 Å². The van der Waals surface area contributed by atoms with Crippen molar-refractivity contribution < 1.29 is 4.74 Å². The van der Waals surface area contributed by atoms with E-state index < -0.39 is 0 Å². The first-order valence-corrected chi connectivity index (χ1v) is 4.72. The molecule has 1 aromatic rings. The maximum atomic E-state index is 5.31. The van der Waals surface area contributed by atoms with E-state index in [2.05, 4.69) is 11.8 Å². The second-order valence-corrected chi connectivity index (χ2v) is 2.84. The molecule has 0 atom stereocenters. The molecule has 2 N–H and O–H groups in total. The highest BCUT2D eigenvalue weighted by Gasteiger charge is 1.92. The summed E-state index contributed by atoms with van der Waals surface area (Å²) in [5, 5.41) is 0. The van der Waals surface area contributed by atoms with Crippen molar-refractivity contribution in [2.75, 3.05) is 13.2 Å². The molecule has 0 aliphatic rings. The van der Waals surface area contributed by atoms with Crippen LogP contribution in [0.3, 0.4) is 0 Å². The molecule has 1 rings (SSSR count). The predicted molar refractivity (Wildman–Crippen MR) is 57.7 cm³/mol. The van der Waals surface area contributed by atoms with Gasteiger partial charge in [-0.2, -0.15) is 0 Å². The Balaban J connectivity index is 2.68. The second kappa shape index (κ2) is 6.20. The number of rotatable bonds is 3. The number of ether oxygens (including phenoxy) is 1. The molecule has 0 saturated heterocycles. The van der Waals surface area contributed by atoms with Crippen molar-refractivity contribution in [1.82, 2.24) is 0 Å². The molecule has 0 heterocycles. The lowest BCUT2D eigenvalue weighted by Crippen LogP contribution is -1.94. The fourth-order valence-corrected chi connectivity index (χ4v) is 1.11. The zero-order chi connectivity index (χ0) is 10.2. The van der Waals surface area contributed by atoms with E-state index in [1.54, 1.807) is 0 Å². The van der Waals surface area contributed by atoms with Gasteiger partial charge in [0.15, 0.2) is 0 Å². The Morgan fingerprint density at radius 3 is 3.00 bits per heavy atom. The minimum absolute atomic E-state index is 0.398. The van der Waals surface area contributed by atoms with E-state index in [0.717, 1.165) is 17.7 Å². The van der Waals surface area contributed by atoms with Gasteiger partial charge in [-0.25, -0.2) is 0 Å². The largest absolute Gasteiger partial charge is 0.377 e. The van der Waals surface area contributed by atoms with Crippen LogP contribution in [0.25, 0.3) is 0 Å². The van der Waals surface area contributed by atoms with Crippen LogP contribution in [-0.4, -0.2) is 13.2 Å². The van der Waals surface area contributed by atoms with Crippen molar-refractivity contribution in [3.8, 4) is 11.8 Å². The van der Waals surface area contributed by atoms with Gasteiger partial charge in [-0.1, -0.05) is 24.0 Å². The third-order valence-electron chi connectivity index (χ3n) is 1.73. The molecule has 0 amide bonds. The van der Waals surface area contributed by atoms with Gasteiger partial charge in [-0.15, -0.1) is 0 Å². The molecule has 2 heteroatoms. The van der Waals surface area contributed by atoms with Crippen LogP contribution in [0.1, 0.15) is 18.1 Å². The second-order valence-electron chi connectivity index (χ2n) is 2.84. The third kappa shape index (κ3) is 3.61. The van der Waals surface area contributed by atoms with Gasteiger partial charge in [0.2, 0.25) is 0 Å². The minimum Gasteiger partial charge on any atom is -0.377 e. The van der Waals surface area contributed by atoms with E-state index in [1.165, 1.54) is 0 Å². The Labute approximate surface area is 85.1 Å². The van der Waals surface area contributed by atoms with E-state index in [1.807, 2.05) is 31.2 Å². The van der Waals surface area contributed by atoms with Crippen molar-refractivity contribution in [3.63, 3.8) is 0 Å². The molecule has 0 unspecified atom stereocenters. The van der Waals surface area contributed by atoms with Gasteiger partial charge in [0.1, 0.15) is 0 Å². The molecule has 0 radical (unpaired) electrons. The van der Waals surface area contributed by atoms with Gasteiger partial charge in [-0.05, 0) is 24.6 Å².